The van der Waals surface area contributed by atoms with Gasteiger partial charge in [-0.05, 0) is 45.8 Å². The lowest BCUT2D eigenvalue weighted by atomic mass is 10.1. The first-order valence-electron chi connectivity index (χ1n) is 8.20. The maximum atomic E-state index is 12.6. The van der Waals surface area contributed by atoms with Gasteiger partial charge in [0.1, 0.15) is 6.04 Å². The first-order valence-corrected chi connectivity index (χ1v) is 9.00. The van der Waals surface area contributed by atoms with E-state index in [0.29, 0.717) is 16.5 Å². The molecule has 0 saturated heterocycles. The van der Waals surface area contributed by atoms with Crippen molar-refractivity contribution in [3.8, 4) is 11.5 Å². The highest BCUT2D eigenvalue weighted by Gasteiger charge is 2.25. The van der Waals surface area contributed by atoms with Gasteiger partial charge in [-0.3, -0.25) is 4.79 Å². The second kappa shape index (κ2) is 7.59. The number of rotatable bonds is 5. The van der Waals surface area contributed by atoms with Crippen LogP contribution in [0.5, 0.6) is 0 Å². The molecule has 0 aliphatic carbocycles. The van der Waals surface area contributed by atoms with Crippen molar-refractivity contribution in [1.29, 1.82) is 0 Å². The molecule has 0 bridgehead atoms. The van der Waals surface area contributed by atoms with E-state index in [9.17, 15) is 4.79 Å². The number of benzene rings is 2. The van der Waals surface area contributed by atoms with Gasteiger partial charge in [0.05, 0.1) is 0 Å². The zero-order valence-corrected chi connectivity index (χ0v) is 15.6. The summed E-state index contributed by atoms with van der Waals surface area (Å²) in [4.78, 5) is 12.6. The predicted molar refractivity (Wildman–Crippen MR) is 102 cm³/mol. The maximum absolute atomic E-state index is 12.6. The summed E-state index contributed by atoms with van der Waals surface area (Å²) in [5.74, 6) is 0.486. The van der Waals surface area contributed by atoms with Crippen LogP contribution in [0.3, 0.4) is 0 Å². The average molecular weight is 424 g/mol. The highest BCUT2D eigenvalue weighted by atomic mass is 79.9. The molecule has 1 atom stereocenters. The largest absolute Gasteiger partial charge is 0.444 e. The van der Waals surface area contributed by atoms with Crippen molar-refractivity contribution in [1.82, 2.24) is 15.5 Å². The number of carbonyl (C=O) groups is 1. The van der Waals surface area contributed by atoms with Gasteiger partial charge in [0.25, 0.3) is 5.91 Å². The number of nitrogens with zero attached hydrogens (tertiary/aromatic N) is 2. The summed E-state index contributed by atoms with van der Waals surface area (Å²) in [6.45, 7) is 0. The summed E-state index contributed by atoms with van der Waals surface area (Å²) in [6, 6.07) is 21.5. The van der Waals surface area contributed by atoms with Crippen molar-refractivity contribution in [2.45, 2.75) is 6.04 Å². The van der Waals surface area contributed by atoms with Gasteiger partial charge in [-0.25, -0.2) is 0 Å². The summed E-state index contributed by atoms with van der Waals surface area (Å²) in [6.07, 6.45) is 0. The van der Waals surface area contributed by atoms with Gasteiger partial charge < -0.3 is 14.2 Å². The molecule has 2 heterocycles. The van der Waals surface area contributed by atoms with Gasteiger partial charge in [-0.1, -0.05) is 48.5 Å². The number of nitrogens with one attached hydrogen (secondary N) is 1. The van der Waals surface area contributed by atoms with Gasteiger partial charge in [0, 0.05) is 5.56 Å². The Morgan fingerprint density at radius 3 is 2.26 bits per heavy atom. The van der Waals surface area contributed by atoms with E-state index in [0.717, 1.165) is 11.1 Å². The number of furan rings is 1. The molecule has 0 fully saturated rings. The molecular weight excluding hydrogens is 410 g/mol. The van der Waals surface area contributed by atoms with E-state index >= 15 is 0 Å². The Hall–Kier alpha value is -3.19. The lowest BCUT2D eigenvalue weighted by Crippen LogP contribution is -2.29. The van der Waals surface area contributed by atoms with Crippen LogP contribution < -0.4 is 5.32 Å². The highest BCUT2D eigenvalue weighted by Crippen LogP contribution is 2.25. The number of amides is 1. The van der Waals surface area contributed by atoms with Crippen molar-refractivity contribution in [2.24, 2.45) is 0 Å². The van der Waals surface area contributed by atoms with Crippen molar-refractivity contribution in [3.63, 3.8) is 0 Å². The molecule has 1 unspecified atom stereocenters. The summed E-state index contributed by atoms with van der Waals surface area (Å²) in [5.41, 5.74) is 1.63. The minimum Gasteiger partial charge on any atom is -0.444 e. The van der Waals surface area contributed by atoms with Crippen LogP contribution >= 0.6 is 15.9 Å². The second-order valence-electron chi connectivity index (χ2n) is 5.73. The van der Waals surface area contributed by atoms with E-state index in [1.807, 2.05) is 60.7 Å². The topological polar surface area (TPSA) is 81.2 Å². The number of carbonyl (C=O) groups excluding carboxylic acids is 1. The molecule has 0 radical (unpaired) electrons. The number of halogens is 1. The fraction of sp³-hybridized carbons (Fsp3) is 0.0500. The van der Waals surface area contributed by atoms with Crippen molar-refractivity contribution in [3.05, 3.63) is 94.7 Å². The molecule has 0 aliphatic heterocycles. The molecule has 1 N–H and O–H groups in total. The van der Waals surface area contributed by atoms with Crippen molar-refractivity contribution < 1.29 is 13.6 Å². The van der Waals surface area contributed by atoms with Gasteiger partial charge >= 0.3 is 0 Å². The molecule has 2 aromatic carbocycles. The third kappa shape index (κ3) is 3.83. The third-order valence-electron chi connectivity index (χ3n) is 3.91. The SMILES string of the molecule is O=C(NC(c1ccccc1)c1nnc(-c2ccccc2)o1)c1ccc(Br)o1. The molecule has 4 rings (SSSR count). The Bertz CT molecular complexity index is 1040. The minimum absolute atomic E-state index is 0.186. The van der Waals surface area contributed by atoms with E-state index in [1.165, 1.54) is 0 Å². The van der Waals surface area contributed by atoms with Crippen LogP contribution in [-0.2, 0) is 0 Å². The van der Waals surface area contributed by atoms with Crippen LogP contribution in [0.1, 0.15) is 28.1 Å². The van der Waals surface area contributed by atoms with Crippen LogP contribution in [-0.4, -0.2) is 16.1 Å². The van der Waals surface area contributed by atoms with E-state index in [-0.39, 0.29) is 11.7 Å². The molecule has 1 amide bonds. The second-order valence-corrected chi connectivity index (χ2v) is 6.51. The van der Waals surface area contributed by atoms with E-state index in [2.05, 4.69) is 31.4 Å². The quantitative estimate of drug-likeness (QED) is 0.506. The maximum Gasteiger partial charge on any atom is 0.287 e. The summed E-state index contributed by atoms with van der Waals surface area (Å²) in [5, 5.41) is 11.2. The molecule has 2 aromatic heterocycles. The molecule has 6 nitrogen and oxygen atoms in total. The Labute approximate surface area is 163 Å². The minimum atomic E-state index is -0.604. The third-order valence-corrected chi connectivity index (χ3v) is 4.34. The van der Waals surface area contributed by atoms with Gasteiger partial charge in [0.15, 0.2) is 10.4 Å². The van der Waals surface area contributed by atoms with E-state index in [4.69, 9.17) is 8.83 Å². The number of hydrogen-bond donors (Lipinski definition) is 1. The average Bonchev–Trinajstić information content (AvgIpc) is 3.37. The Balaban J connectivity index is 1.67. The molecule has 7 heteroatoms. The van der Waals surface area contributed by atoms with Crippen LogP contribution in [0.2, 0.25) is 0 Å². The Morgan fingerprint density at radius 2 is 1.59 bits per heavy atom. The van der Waals surface area contributed by atoms with Crippen LogP contribution in [0.25, 0.3) is 11.5 Å². The number of aromatic nitrogens is 2. The molecule has 0 saturated carbocycles. The van der Waals surface area contributed by atoms with Crippen LogP contribution in [0, 0.1) is 0 Å². The van der Waals surface area contributed by atoms with Gasteiger partial charge in [-0.15, -0.1) is 10.2 Å². The van der Waals surface area contributed by atoms with Crippen LogP contribution in [0.15, 0.2) is 86.3 Å². The normalized spacial score (nSPS) is 11.9. The summed E-state index contributed by atoms with van der Waals surface area (Å²) < 4.78 is 11.7. The zero-order valence-electron chi connectivity index (χ0n) is 14.0. The molecular formula is C20H14BrN3O3. The van der Waals surface area contributed by atoms with Gasteiger partial charge in [0.2, 0.25) is 11.8 Å². The zero-order chi connectivity index (χ0) is 18.6. The predicted octanol–water partition coefficient (Wildman–Crippen LogP) is 4.61. The monoisotopic (exact) mass is 423 g/mol. The van der Waals surface area contributed by atoms with Crippen molar-refractivity contribution in [2.75, 3.05) is 0 Å². The molecule has 4 aromatic rings. The van der Waals surface area contributed by atoms with Gasteiger partial charge in [-0.2, -0.15) is 0 Å². The summed E-state index contributed by atoms with van der Waals surface area (Å²) in [7, 11) is 0. The smallest absolute Gasteiger partial charge is 0.287 e. The van der Waals surface area contributed by atoms with Crippen molar-refractivity contribution >= 4 is 21.8 Å². The summed E-state index contributed by atoms with van der Waals surface area (Å²) >= 11 is 3.20. The fourth-order valence-electron chi connectivity index (χ4n) is 2.62. The number of hydrogen-bond acceptors (Lipinski definition) is 5. The lowest BCUT2D eigenvalue weighted by molar-refractivity contribution is 0.0908. The molecule has 0 aliphatic rings. The molecule has 134 valence electrons. The lowest BCUT2D eigenvalue weighted by Gasteiger charge is -2.14. The highest BCUT2D eigenvalue weighted by molar-refractivity contribution is 9.10. The standard InChI is InChI=1S/C20H14BrN3O3/c21-16-12-11-15(26-16)18(25)22-17(13-7-3-1-4-8-13)20-24-23-19(27-20)14-9-5-2-6-10-14/h1-12,17H,(H,22,25). The first-order chi connectivity index (χ1) is 13.2. The molecule has 0 spiro atoms. The Kier molecular flexibility index (Phi) is 4.84. The fourth-order valence-corrected chi connectivity index (χ4v) is 2.93. The Morgan fingerprint density at radius 1 is 0.889 bits per heavy atom. The molecule has 27 heavy (non-hydrogen) atoms. The van der Waals surface area contributed by atoms with E-state index in [1.54, 1.807) is 12.1 Å². The van der Waals surface area contributed by atoms with Crippen LogP contribution in [0.4, 0.5) is 0 Å². The van der Waals surface area contributed by atoms with E-state index < -0.39 is 6.04 Å². The first kappa shape index (κ1) is 17.2.